The molecule has 17 heavy (non-hydrogen) atoms. The van der Waals surface area contributed by atoms with Gasteiger partial charge in [0.25, 0.3) is 5.91 Å². The van der Waals surface area contributed by atoms with Gasteiger partial charge in [-0.1, -0.05) is 4.49 Å². The largest absolute Gasteiger partial charge is 0.354 e. The molecule has 1 atom stereocenters. The van der Waals surface area contributed by atoms with Gasteiger partial charge < -0.3 is 10.6 Å². The summed E-state index contributed by atoms with van der Waals surface area (Å²) < 4.78 is 3.70. The molecule has 7 heteroatoms. The van der Waals surface area contributed by atoms with Crippen LogP contribution in [0.1, 0.15) is 34.6 Å². The highest BCUT2D eigenvalue weighted by Gasteiger charge is 2.24. The lowest BCUT2D eigenvalue weighted by atomic mass is 10.1. The van der Waals surface area contributed by atoms with Crippen molar-refractivity contribution in [3.05, 3.63) is 10.6 Å². The average Bonchev–Trinajstić information content (AvgIpc) is 2.63. The standard InChI is InChI=1S/C10H14N4O2S/c1-6-8(17-14-13-6)10(16)12-7-4-2-3-5-11-9(7)15/h7H,2-5H2,1H3,(H,11,15)(H,12,16)/t7-/m0/s1. The first-order chi connectivity index (χ1) is 8.18. The number of amides is 2. The summed E-state index contributed by atoms with van der Waals surface area (Å²) in [6.45, 7) is 2.41. The van der Waals surface area contributed by atoms with Crippen molar-refractivity contribution in [1.82, 2.24) is 20.2 Å². The summed E-state index contributed by atoms with van der Waals surface area (Å²) in [7, 11) is 0. The minimum absolute atomic E-state index is 0.106. The van der Waals surface area contributed by atoms with Crippen LogP contribution in [0.5, 0.6) is 0 Å². The third-order valence-corrected chi connectivity index (χ3v) is 3.53. The van der Waals surface area contributed by atoms with Gasteiger partial charge in [0.1, 0.15) is 10.9 Å². The predicted octanol–water partition coefficient (Wildman–Crippen LogP) is 0.245. The van der Waals surface area contributed by atoms with Gasteiger partial charge in [-0.2, -0.15) is 0 Å². The van der Waals surface area contributed by atoms with E-state index in [1.807, 2.05) is 0 Å². The second kappa shape index (κ2) is 5.22. The first-order valence-corrected chi connectivity index (χ1v) is 6.33. The van der Waals surface area contributed by atoms with Crippen molar-refractivity contribution in [3.63, 3.8) is 0 Å². The number of rotatable bonds is 2. The SMILES string of the molecule is Cc1nnsc1C(=O)N[C@H]1CCCCNC1=O. The van der Waals surface area contributed by atoms with E-state index in [2.05, 4.69) is 20.2 Å². The van der Waals surface area contributed by atoms with E-state index < -0.39 is 6.04 Å². The zero-order valence-corrected chi connectivity index (χ0v) is 10.3. The van der Waals surface area contributed by atoms with Gasteiger partial charge in [-0.15, -0.1) is 5.10 Å². The van der Waals surface area contributed by atoms with Crippen LogP contribution in [0.4, 0.5) is 0 Å². The fourth-order valence-corrected chi connectivity index (χ4v) is 2.30. The van der Waals surface area contributed by atoms with Crippen molar-refractivity contribution in [2.75, 3.05) is 6.54 Å². The van der Waals surface area contributed by atoms with Crippen LogP contribution in [0.25, 0.3) is 0 Å². The second-order valence-corrected chi connectivity index (χ2v) is 4.75. The Bertz CT molecular complexity index is 432. The number of aromatic nitrogens is 2. The maximum Gasteiger partial charge on any atom is 0.265 e. The van der Waals surface area contributed by atoms with E-state index in [9.17, 15) is 9.59 Å². The Balaban J connectivity index is 2.02. The van der Waals surface area contributed by atoms with Crippen LogP contribution in [-0.2, 0) is 4.79 Å². The lowest BCUT2D eigenvalue weighted by molar-refractivity contribution is -0.122. The van der Waals surface area contributed by atoms with Gasteiger partial charge in [-0.25, -0.2) is 0 Å². The van der Waals surface area contributed by atoms with Crippen LogP contribution in [-0.4, -0.2) is 34.0 Å². The van der Waals surface area contributed by atoms with Gasteiger partial charge in [0.05, 0.1) is 5.69 Å². The Labute approximate surface area is 103 Å². The van der Waals surface area contributed by atoms with E-state index in [1.165, 1.54) is 0 Å². The maximum atomic E-state index is 11.9. The van der Waals surface area contributed by atoms with Gasteiger partial charge in [-0.3, -0.25) is 9.59 Å². The lowest BCUT2D eigenvalue weighted by Gasteiger charge is -2.14. The molecule has 0 radical (unpaired) electrons. The van der Waals surface area contributed by atoms with E-state index >= 15 is 0 Å². The van der Waals surface area contributed by atoms with Gasteiger partial charge in [0, 0.05) is 6.54 Å². The normalized spacial score (nSPS) is 20.5. The van der Waals surface area contributed by atoms with E-state index in [4.69, 9.17) is 0 Å². The fraction of sp³-hybridized carbons (Fsp3) is 0.600. The Morgan fingerprint density at radius 1 is 1.53 bits per heavy atom. The molecule has 2 rings (SSSR count). The molecule has 0 spiro atoms. The summed E-state index contributed by atoms with van der Waals surface area (Å²) in [5.41, 5.74) is 0.599. The molecule has 6 nitrogen and oxygen atoms in total. The number of aryl methyl sites for hydroxylation is 1. The molecule has 1 aliphatic rings. The number of carbonyl (C=O) groups is 2. The zero-order chi connectivity index (χ0) is 12.3. The van der Waals surface area contributed by atoms with Crippen LogP contribution in [0, 0.1) is 6.92 Å². The molecule has 0 aliphatic carbocycles. The Hall–Kier alpha value is -1.50. The molecule has 0 saturated carbocycles. The molecule has 1 aromatic rings. The number of hydrogen-bond donors (Lipinski definition) is 2. The summed E-state index contributed by atoms with van der Waals surface area (Å²) in [6, 6.07) is -0.438. The average molecular weight is 254 g/mol. The molecule has 2 N–H and O–H groups in total. The Morgan fingerprint density at radius 3 is 3.06 bits per heavy atom. The molecule has 1 saturated heterocycles. The van der Waals surface area contributed by atoms with E-state index in [1.54, 1.807) is 6.92 Å². The van der Waals surface area contributed by atoms with Crippen LogP contribution in [0.2, 0.25) is 0 Å². The molecule has 92 valence electrons. The molecule has 2 amide bonds. The molecular weight excluding hydrogens is 240 g/mol. The lowest BCUT2D eigenvalue weighted by Crippen LogP contribution is -2.45. The molecule has 1 fully saturated rings. The van der Waals surface area contributed by atoms with E-state index in [0.717, 1.165) is 24.4 Å². The predicted molar refractivity (Wildman–Crippen MR) is 62.8 cm³/mol. The van der Waals surface area contributed by atoms with Crippen LogP contribution < -0.4 is 10.6 Å². The summed E-state index contributed by atoms with van der Waals surface area (Å²) in [5, 5.41) is 9.29. The highest BCUT2D eigenvalue weighted by Crippen LogP contribution is 2.11. The van der Waals surface area contributed by atoms with Gasteiger partial charge >= 0.3 is 0 Å². The minimum Gasteiger partial charge on any atom is -0.354 e. The van der Waals surface area contributed by atoms with Crippen LogP contribution in [0.3, 0.4) is 0 Å². The van der Waals surface area contributed by atoms with Crippen molar-refractivity contribution in [3.8, 4) is 0 Å². The van der Waals surface area contributed by atoms with Gasteiger partial charge in [-0.05, 0) is 37.7 Å². The molecule has 1 aliphatic heterocycles. The number of carbonyl (C=O) groups excluding carboxylic acids is 2. The first-order valence-electron chi connectivity index (χ1n) is 5.56. The molecule has 0 unspecified atom stereocenters. The number of hydrogen-bond acceptors (Lipinski definition) is 5. The smallest absolute Gasteiger partial charge is 0.265 e. The van der Waals surface area contributed by atoms with Crippen molar-refractivity contribution in [1.29, 1.82) is 0 Å². The minimum atomic E-state index is -0.438. The number of nitrogens with zero attached hydrogens (tertiary/aromatic N) is 2. The molecule has 0 bridgehead atoms. The van der Waals surface area contributed by atoms with Crippen LogP contribution in [0.15, 0.2) is 0 Å². The van der Waals surface area contributed by atoms with Crippen LogP contribution >= 0.6 is 11.5 Å². The number of nitrogens with one attached hydrogen (secondary N) is 2. The fourth-order valence-electron chi connectivity index (χ4n) is 1.74. The van der Waals surface area contributed by atoms with Crippen molar-refractivity contribution < 1.29 is 9.59 Å². The quantitative estimate of drug-likeness (QED) is 0.792. The molecular formula is C10H14N4O2S. The third kappa shape index (κ3) is 2.79. The molecule has 1 aromatic heterocycles. The van der Waals surface area contributed by atoms with Crippen molar-refractivity contribution >= 4 is 23.3 Å². The van der Waals surface area contributed by atoms with Crippen molar-refractivity contribution in [2.24, 2.45) is 0 Å². The van der Waals surface area contributed by atoms with E-state index in [0.29, 0.717) is 23.5 Å². The zero-order valence-electron chi connectivity index (χ0n) is 9.52. The first kappa shape index (κ1) is 12.0. The molecule has 2 heterocycles. The maximum absolute atomic E-state index is 11.9. The van der Waals surface area contributed by atoms with E-state index in [-0.39, 0.29) is 11.8 Å². The highest BCUT2D eigenvalue weighted by atomic mass is 32.1. The second-order valence-electron chi connectivity index (χ2n) is 4.00. The van der Waals surface area contributed by atoms with Gasteiger partial charge in [0.15, 0.2) is 0 Å². The summed E-state index contributed by atoms with van der Waals surface area (Å²) in [5.74, 6) is -0.370. The highest BCUT2D eigenvalue weighted by molar-refractivity contribution is 7.08. The summed E-state index contributed by atoms with van der Waals surface area (Å²) in [6.07, 6.45) is 2.58. The monoisotopic (exact) mass is 254 g/mol. The summed E-state index contributed by atoms with van der Waals surface area (Å²) >= 11 is 1.05. The molecule has 0 aromatic carbocycles. The topological polar surface area (TPSA) is 84.0 Å². The summed E-state index contributed by atoms with van der Waals surface area (Å²) in [4.78, 5) is 24.0. The van der Waals surface area contributed by atoms with Gasteiger partial charge in [0.2, 0.25) is 5.91 Å². The Morgan fingerprint density at radius 2 is 2.35 bits per heavy atom. The van der Waals surface area contributed by atoms with Crippen molar-refractivity contribution in [2.45, 2.75) is 32.2 Å². The Kier molecular flexibility index (Phi) is 3.68. The third-order valence-electron chi connectivity index (χ3n) is 2.70.